The lowest BCUT2D eigenvalue weighted by atomic mass is 9.87. The normalized spacial score (nSPS) is 14.0. The van der Waals surface area contributed by atoms with Crippen LogP contribution in [-0.2, 0) is 0 Å². The van der Waals surface area contributed by atoms with Crippen LogP contribution in [0.15, 0.2) is 174 Å². The smallest absolute Gasteiger partial charge is 0.167 e. The first-order valence-corrected chi connectivity index (χ1v) is 20.1. The highest BCUT2D eigenvalue weighted by Crippen LogP contribution is 2.46. The number of thiophene rings is 1. The molecule has 0 bridgehead atoms. The van der Waals surface area contributed by atoms with E-state index in [4.69, 9.17) is 19.4 Å². The number of fused-ring (bicyclic) bond motifs is 9. The van der Waals surface area contributed by atoms with Gasteiger partial charge in [-0.25, -0.2) is 15.0 Å². The molecule has 0 fully saturated rings. The number of hydrogen-bond donors (Lipinski definition) is 0. The molecule has 12 rings (SSSR count). The fourth-order valence-corrected chi connectivity index (χ4v) is 9.96. The van der Waals surface area contributed by atoms with Crippen molar-refractivity contribution in [2.24, 2.45) is 0 Å². The first-order valence-electron chi connectivity index (χ1n) is 19.3. The third-order valence-electron chi connectivity index (χ3n) is 11.4. The Morgan fingerprint density at radius 3 is 2.12 bits per heavy atom. The Hall–Kier alpha value is -7.15. The maximum Gasteiger partial charge on any atom is 0.167 e. The summed E-state index contributed by atoms with van der Waals surface area (Å²) in [6, 6.07) is 57.8. The van der Waals surface area contributed by atoms with Crippen LogP contribution in [0.3, 0.4) is 0 Å². The van der Waals surface area contributed by atoms with Gasteiger partial charge >= 0.3 is 0 Å². The quantitative estimate of drug-likeness (QED) is 0.176. The van der Waals surface area contributed by atoms with Crippen LogP contribution >= 0.6 is 11.3 Å². The number of nitrogens with zero attached hydrogens (tertiary/aromatic N) is 4. The van der Waals surface area contributed by atoms with Crippen molar-refractivity contribution in [2.75, 3.05) is 0 Å². The first kappa shape index (κ1) is 32.1. The summed E-state index contributed by atoms with van der Waals surface area (Å²) in [6.45, 7) is 0. The minimum Gasteiger partial charge on any atom is -0.455 e. The Kier molecular flexibility index (Phi) is 7.16. The van der Waals surface area contributed by atoms with Crippen LogP contribution in [0.25, 0.3) is 99.5 Å². The molecule has 4 heterocycles. The van der Waals surface area contributed by atoms with Gasteiger partial charge in [0, 0.05) is 48.3 Å². The molecule has 1 aliphatic rings. The fraction of sp³-hybridized carbons (Fsp3) is 0.0392. The number of rotatable bonds is 5. The molecule has 7 aromatic carbocycles. The maximum absolute atomic E-state index is 6.49. The summed E-state index contributed by atoms with van der Waals surface area (Å²) in [5.41, 5.74) is 10.7. The van der Waals surface area contributed by atoms with Gasteiger partial charge in [0.05, 0.1) is 16.6 Å². The SMILES string of the molecule is C1=Cc2sc3ccc(-c4ccc5c(c4)c4ccccc4n5-c4ccccc4)cc3c2C(c2nc(-c3ccccc3)nc(-c3cccc4c3oc3ccccc34)n2)C1. The van der Waals surface area contributed by atoms with E-state index >= 15 is 0 Å². The molecule has 1 atom stereocenters. The van der Waals surface area contributed by atoms with E-state index in [-0.39, 0.29) is 5.92 Å². The maximum atomic E-state index is 6.49. The Bertz CT molecular complexity index is 3390. The standard InChI is InChI=1S/C51H32N4OS/c1-3-13-31(14-4-1)49-52-50(54-51(53-49)39-21-11-19-37-36-18-8-10-23-44(36)56-48(37)39)38-20-12-24-46-47(38)41-30-33(26-28-45(41)57-46)32-25-27-43-40(29-32)35-17-7-9-22-42(35)55(43)34-15-5-2-6-16-34/h1-19,21-30,38H,20H2. The van der Waals surface area contributed by atoms with Gasteiger partial charge in [-0.15, -0.1) is 11.3 Å². The van der Waals surface area contributed by atoms with E-state index < -0.39 is 0 Å². The molecule has 6 heteroatoms. The second kappa shape index (κ2) is 12.7. The van der Waals surface area contributed by atoms with Gasteiger partial charge in [-0.05, 0) is 89.2 Å². The second-order valence-electron chi connectivity index (χ2n) is 14.7. The molecule has 268 valence electrons. The number of allylic oxidation sites excluding steroid dienone is 1. The first-order chi connectivity index (χ1) is 28.2. The van der Waals surface area contributed by atoms with Crippen LogP contribution in [0.1, 0.15) is 28.6 Å². The van der Waals surface area contributed by atoms with Crippen LogP contribution < -0.4 is 0 Å². The van der Waals surface area contributed by atoms with E-state index in [0.717, 1.165) is 51.0 Å². The third kappa shape index (κ3) is 5.11. The summed E-state index contributed by atoms with van der Waals surface area (Å²) in [4.78, 5) is 16.9. The van der Waals surface area contributed by atoms with E-state index in [1.165, 1.54) is 53.5 Å². The molecule has 11 aromatic rings. The third-order valence-corrected chi connectivity index (χ3v) is 12.6. The second-order valence-corrected chi connectivity index (χ2v) is 15.8. The van der Waals surface area contributed by atoms with Gasteiger partial charge in [-0.3, -0.25) is 0 Å². The van der Waals surface area contributed by atoms with Crippen LogP contribution in [0.5, 0.6) is 0 Å². The highest BCUT2D eigenvalue weighted by Gasteiger charge is 2.28. The summed E-state index contributed by atoms with van der Waals surface area (Å²) in [5.74, 6) is 1.98. The molecule has 5 nitrogen and oxygen atoms in total. The van der Waals surface area contributed by atoms with E-state index in [1.807, 2.05) is 47.7 Å². The van der Waals surface area contributed by atoms with Gasteiger partial charge in [-0.2, -0.15) is 0 Å². The van der Waals surface area contributed by atoms with Crippen molar-refractivity contribution in [3.8, 4) is 39.6 Å². The van der Waals surface area contributed by atoms with Crippen molar-refractivity contribution in [3.05, 3.63) is 186 Å². The van der Waals surface area contributed by atoms with Gasteiger partial charge in [0.25, 0.3) is 0 Å². The Morgan fingerprint density at radius 1 is 0.544 bits per heavy atom. The van der Waals surface area contributed by atoms with Crippen molar-refractivity contribution in [3.63, 3.8) is 0 Å². The van der Waals surface area contributed by atoms with E-state index in [9.17, 15) is 0 Å². The van der Waals surface area contributed by atoms with Gasteiger partial charge in [0.2, 0.25) is 0 Å². The minimum atomic E-state index is -0.0561. The number of furan rings is 1. The molecule has 0 N–H and O–H groups in total. The van der Waals surface area contributed by atoms with Gasteiger partial charge < -0.3 is 8.98 Å². The van der Waals surface area contributed by atoms with Gasteiger partial charge in [0.1, 0.15) is 17.0 Å². The minimum absolute atomic E-state index is 0.0561. The average Bonchev–Trinajstić information content (AvgIpc) is 3.96. The Balaban J connectivity index is 1.02. The Labute approximate surface area is 331 Å². The molecule has 57 heavy (non-hydrogen) atoms. The molecule has 1 unspecified atom stereocenters. The summed E-state index contributed by atoms with van der Waals surface area (Å²) in [6.07, 6.45) is 5.34. The zero-order valence-corrected chi connectivity index (χ0v) is 31.4. The van der Waals surface area contributed by atoms with Crippen molar-refractivity contribution >= 4 is 71.2 Å². The number of para-hydroxylation sites is 4. The lowest BCUT2D eigenvalue weighted by molar-refractivity contribution is 0.669. The molecular formula is C51H32N4OS. The van der Waals surface area contributed by atoms with Crippen LogP contribution in [-0.4, -0.2) is 19.5 Å². The predicted molar refractivity (Wildman–Crippen MR) is 235 cm³/mol. The summed E-state index contributed by atoms with van der Waals surface area (Å²) < 4.78 is 10.1. The van der Waals surface area contributed by atoms with Gasteiger partial charge in [0.15, 0.2) is 11.6 Å². The van der Waals surface area contributed by atoms with E-state index in [0.29, 0.717) is 11.6 Å². The van der Waals surface area contributed by atoms with Crippen LogP contribution in [0.2, 0.25) is 0 Å². The molecule has 0 radical (unpaired) electrons. The molecule has 0 spiro atoms. The lowest BCUT2D eigenvalue weighted by Gasteiger charge is -2.20. The monoisotopic (exact) mass is 748 g/mol. The van der Waals surface area contributed by atoms with E-state index in [1.54, 1.807) is 0 Å². The Morgan fingerprint density at radius 2 is 1.25 bits per heavy atom. The molecule has 0 aliphatic heterocycles. The molecule has 4 aromatic heterocycles. The number of aromatic nitrogens is 4. The summed E-state index contributed by atoms with van der Waals surface area (Å²) >= 11 is 1.84. The number of benzene rings is 7. The highest BCUT2D eigenvalue weighted by atomic mass is 32.1. The molecule has 0 saturated heterocycles. The molecule has 1 aliphatic carbocycles. The van der Waals surface area contributed by atoms with E-state index in [2.05, 4.69) is 144 Å². The average molecular weight is 749 g/mol. The van der Waals surface area contributed by atoms with Crippen molar-refractivity contribution in [1.82, 2.24) is 19.5 Å². The number of hydrogen-bond acceptors (Lipinski definition) is 5. The van der Waals surface area contributed by atoms with Crippen molar-refractivity contribution < 1.29 is 4.42 Å². The molecular weight excluding hydrogens is 717 g/mol. The topological polar surface area (TPSA) is 56.7 Å². The van der Waals surface area contributed by atoms with Crippen LogP contribution in [0, 0.1) is 0 Å². The zero-order valence-electron chi connectivity index (χ0n) is 30.6. The predicted octanol–water partition coefficient (Wildman–Crippen LogP) is 13.6. The highest BCUT2D eigenvalue weighted by molar-refractivity contribution is 7.20. The molecule has 0 saturated carbocycles. The fourth-order valence-electron chi connectivity index (χ4n) is 8.78. The largest absolute Gasteiger partial charge is 0.455 e. The van der Waals surface area contributed by atoms with Crippen molar-refractivity contribution in [1.29, 1.82) is 0 Å². The zero-order chi connectivity index (χ0) is 37.5. The van der Waals surface area contributed by atoms with Crippen molar-refractivity contribution in [2.45, 2.75) is 12.3 Å². The lowest BCUT2D eigenvalue weighted by Crippen LogP contribution is -2.11. The van der Waals surface area contributed by atoms with Gasteiger partial charge in [-0.1, -0.05) is 115 Å². The summed E-state index contributed by atoms with van der Waals surface area (Å²) in [5, 5.41) is 5.86. The molecule has 0 amide bonds. The summed E-state index contributed by atoms with van der Waals surface area (Å²) in [7, 11) is 0. The van der Waals surface area contributed by atoms with Crippen LogP contribution in [0.4, 0.5) is 0 Å².